The van der Waals surface area contributed by atoms with Gasteiger partial charge in [-0.15, -0.1) is 0 Å². The lowest BCUT2D eigenvalue weighted by molar-refractivity contribution is -0.127. The van der Waals surface area contributed by atoms with Gasteiger partial charge in [-0.3, -0.25) is 4.79 Å². The van der Waals surface area contributed by atoms with E-state index >= 15 is 0 Å². The van der Waals surface area contributed by atoms with Gasteiger partial charge in [-0.05, 0) is 63.8 Å². The van der Waals surface area contributed by atoms with E-state index in [0.717, 1.165) is 38.1 Å². The van der Waals surface area contributed by atoms with Gasteiger partial charge in [0, 0.05) is 12.0 Å². The molecule has 0 aliphatic heterocycles. The first-order chi connectivity index (χ1) is 8.20. The van der Waals surface area contributed by atoms with E-state index in [2.05, 4.69) is 12.2 Å². The number of carbonyl (C=O) groups is 1. The Kier molecular flexibility index (Phi) is 4.43. The van der Waals surface area contributed by atoms with Crippen LogP contribution < -0.4 is 11.1 Å². The van der Waals surface area contributed by atoms with E-state index in [9.17, 15) is 4.79 Å². The molecule has 1 amide bonds. The van der Waals surface area contributed by atoms with Crippen LogP contribution in [0.2, 0.25) is 0 Å². The first-order valence-corrected chi connectivity index (χ1v) is 7.21. The molecule has 0 aromatic rings. The Morgan fingerprint density at radius 1 is 1.24 bits per heavy atom. The number of rotatable bonds is 4. The summed E-state index contributed by atoms with van der Waals surface area (Å²) in [7, 11) is 0. The maximum Gasteiger partial charge on any atom is 0.223 e. The maximum atomic E-state index is 12.1. The van der Waals surface area contributed by atoms with Gasteiger partial charge in [0.1, 0.15) is 0 Å². The van der Waals surface area contributed by atoms with Crippen molar-refractivity contribution in [1.29, 1.82) is 0 Å². The summed E-state index contributed by atoms with van der Waals surface area (Å²) < 4.78 is 0. The van der Waals surface area contributed by atoms with Gasteiger partial charge >= 0.3 is 0 Å². The molecular weight excluding hydrogens is 212 g/mol. The van der Waals surface area contributed by atoms with Crippen LogP contribution in [0.5, 0.6) is 0 Å². The van der Waals surface area contributed by atoms with Gasteiger partial charge in [0.05, 0.1) is 0 Å². The number of amides is 1. The molecule has 3 nitrogen and oxygen atoms in total. The highest BCUT2D eigenvalue weighted by Gasteiger charge is 2.29. The smallest absolute Gasteiger partial charge is 0.223 e. The molecule has 2 aliphatic rings. The van der Waals surface area contributed by atoms with Crippen molar-refractivity contribution in [1.82, 2.24) is 5.32 Å². The van der Waals surface area contributed by atoms with Crippen LogP contribution in [-0.2, 0) is 4.79 Å². The van der Waals surface area contributed by atoms with Crippen LogP contribution in [0.15, 0.2) is 0 Å². The Bertz CT molecular complexity index is 255. The van der Waals surface area contributed by atoms with E-state index in [0.29, 0.717) is 17.9 Å². The predicted octanol–water partition coefficient (Wildman–Crippen LogP) is 2.06. The van der Waals surface area contributed by atoms with E-state index in [4.69, 9.17) is 5.73 Å². The molecule has 2 rings (SSSR count). The number of carbonyl (C=O) groups excluding carboxylic acids is 1. The normalized spacial score (nSPS) is 31.6. The molecule has 0 saturated heterocycles. The highest BCUT2D eigenvalue weighted by atomic mass is 16.1. The Morgan fingerprint density at radius 3 is 2.35 bits per heavy atom. The molecule has 3 N–H and O–H groups in total. The topological polar surface area (TPSA) is 55.1 Å². The molecule has 0 spiro atoms. The lowest BCUT2D eigenvalue weighted by Crippen LogP contribution is -2.44. The van der Waals surface area contributed by atoms with Crippen molar-refractivity contribution in [3.05, 3.63) is 0 Å². The SMILES string of the molecule is CC(NC(=O)C1CCC(CN)CC1)C1CCC1. The Balaban J connectivity index is 1.72. The van der Waals surface area contributed by atoms with E-state index in [1.807, 2.05) is 0 Å². The highest BCUT2D eigenvalue weighted by molar-refractivity contribution is 5.79. The molecule has 0 bridgehead atoms. The van der Waals surface area contributed by atoms with Gasteiger partial charge in [0.25, 0.3) is 0 Å². The summed E-state index contributed by atoms with van der Waals surface area (Å²) in [5.74, 6) is 1.93. The zero-order valence-electron chi connectivity index (χ0n) is 11.0. The first-order valence-electron chi connectivity index (χ1n) is 7.21. The second-order valence-corrected chi connectivity index (χ2v) is 5.94. The van der Waals surface area contributed by atoms with Crippen molar-refractivity contribution in [2.75, 3.05) is 6.54 Å². The number of hydrogen-bond acceptors (Lipinski definition) is 2. The van der Waals surface area contributed by atoms with Crippen LogP contribution in [0.4, 0.5) is 0 Å². The molecule has 1 unspecified atom stereocenters. The van der Waals surface area contributed by atoms with Crippen LogP contribution in [0.25, 0.3) is 0 Å². The first kappa shape index (κ1) is 12.9. The quantitative estimate of drug-likeness (QED) is 0.787. The van der Waals surface area contributed by atoms with Crippen LogP contribution >= 0.6 is 0 Å². The third-order valence-electron chi connectivity index (χ3n) is 4.78. The molecule has 0 radical (unpaired) electrons. The summed E-state index contributed by atoms with van der Waals surface area (Å²) in [4.78, 5) is 12.1. The molecule has 98 valence electrons. The van der Waals surface area contributed by atoms with Gasteiger partial charge in [0.15, 0.2) is 0 Å². The largest absolute Gasteiger partial charge is 0.353 e. The summed E-state index contributed by atoms with van der Waals surface area (Å²) in [5, 5.41) is 3.21. The van der Waals surface area contributed by atoms with Crippen LogP contribution in [-0.4, -0.2) is 18.5 Å². The molecule has 2 fully saturated rings. The lowest BCUT2D eigenvalue weighted by Gasteiger charge is -2.34. The summed E-state index contributed by atoms with van der Waals surface area (Å²) in [5.41, 5.74) is 5.67. The Hall–Kier alpha value is -0.570. The van der Waals surface area contributed by atoms with Crippen LogP contribution in [0.1, 0.15) is 51.9 Å². The van der Waals surface area contributed by atoms with Gasteiger partial charge in [0.2, 0.25) is 5.91 Å². The number of nitrogens with two attached hydrogens (primary N) is 1. The standard InChI is InChI=1S/C14H26N2O/c1-10(12-3-2-4-12)16-14(17)13-7-5-11(9-15)6-8-13/h10-13H,2-9,15H2,1H3,(H,16,17). The lowest BCUT2D eigenvalue weighted by atomic mass is 9.79. The van der Waals surface area contributed by atoms with E-state index < -0.39 is 0 Å². The zero-order valence-corrected chi connectivity index (χ0v) is 11.0. The van der Waals surface area contributed by atoms with Gasteiger partial charge < -0.3 is 11.1 Å². The zero-order chi connectivity index (χ0) is 12.3. The second-order valence-electron chi connectivity index (χ2n) is 5.94. The van der Waals surface area contributed by atoms with Crippen molar-refractivity contribution in [2.45, 2.75) is 57.9 Å². The van der Waals surface area contributed by atoms with Crippen LogP contribution in [0.3, 0.4) is 0 Å². The molecule has 0 aromatic heterocycles. The highest BCUT2D eigenvalue weighted by Crippen LogP contribution is 2.31. The van der Waals surface area contributed by atoms with Crippen molar-refractivity contribution >= 4 is 5.91 Å². The third kappa shape index (κ3) is 3.21. The summed E-state index contributed by atoms with van der Waals surface area (Å²) in [6.07, 6.45) is 8.25. The fraction of sp³-hybridized carbons (Fsp3) is 0.929. The Morgan fingerprint density at radius 2 is 1.88 bits per heavy atom. The predicted molar refractivity (Wildman–Crippen MR) is 69.4 cm³/mol. The second kappa shape index (κ2) is 5.85. The fourth-order valence-corrected chi connectivity index (χ4v) is 3.06. The van der Waals surface area contributed by atoms with Gasteiger partial charge in [-0.1, -0.05) is 6.42 Å². The molecule has 0 aromatic carbocycles. The average Bonchev–Trinajstić information content (AvgIpc) is 2.26. The molecule has 2 saturated carbocycles. The maximum absolute atomic E-state index is 12.1. The van der Waals surface area contributed by atoms with E-state index in [1.54, 1.807) is 0 Å². The van der Waals surface area contributed by atoms with Gasteiger partial charge in [-0.25, -0.2) is 0 Å². The van der Waals surface area contributed by atoms with Crippen molar-refractivity contribution < 1.29 is 4.79 Å². The van der Waals surface area contributed by atoms with Crippen molar-refractivity contribution in [2.24, 2.45) is 23.5 Å². The minimum Gasteiger partial charge on any atom is -0.353 e. The minimum atomic E-state index is 0.250. The van der Waals surface area contributed by atoms with E-state index in [-0.39, 0.29) is 5.92 Å². The summed E-state index contributed by atoms with van der Waals surface area (Å²) >= 11 is 0. The number of nitrogens with one attached hydrogen (secondary N) is 1. The monoisotopic (exact) mass is 238 g/mol. The summed E-state index contributed by atoms with van der Waals surface area (Å²) in [6, 6.07) is 0.378. The average molecular weight is 238 g/mol. The Labute approximate surface area is 105 Å². The third-order valence-corrected chi connectivity index (χ3v) is 4.78. The number of hydrogen-bond donors (Lipinski definition) is 2. The molecule has 0 heterocycles. The van der Waals surface area contributed by atoms with Crippen molar-refractivity contribution in [3.8, 4) is 0 Å². The molecule has 2 aliphatic carbocycles. The van der Waals surface area contributed by atoms with Crippen LogP contribution in [0, 0.1) is 17.8 Å². The van der Waals surface area contributed by atoms with Gasteiger partial charge in [-0.2, -0.15) is 0 Å². The minimum absolute atomic E-state index is 0.250. The fourth-order valence-electron chi connectivity index (χ4n) is 3.06. The molecular formula is C14H26N2O. The van der Waals surface area contributed by atoms with E-state index in [1.165, 1.54) is 19.3 Å². The molecule has 17 heavy (non-hydrogen) atoms. The molecule has 3 heteroatoms. The van der Waals surface area contributed by atoms with Crippen molar-refractivity contribution in [3.63, 3.8) is 0 Å². The summed E-state index contributed by atoms with van der Waals surface area (Å²) in [6.45, 7) is 2.94. The molecule has 1 atom stereocenters.